The standard InChI is InChI=1S/C13H15FO4/c1-18-11-5-8(14)4-10(13(11)17)9(6-12(15)16)7-2-3-7/h4-5,7,9,17H,2-3,6H2,1H3,(H,15,16). The summed E-state index contributed by atoms with van der Waals surface area (Å²) < 4.78 is 18.3. The average molecular weight is 254 g/mol. The van der Waals surface area contributed by atoms with E-state index in [1.165, 1.54) is 13.2 Å². The van der Waals surface area contributed by atoms with Crippen molar-refractivity contribution in [3.05, 3.63) is 23.5 Å². The number of aliphatic carboxylic acids is 1. The van der Waals surface area contributed by atoms with Crippen LogP contribution < -0.4 is 4.74 Å². The number of phenolic OH excluding ortho intramolecular Hbond substituents is 1. The van der Waals surface area contributed by atoms with Crippen LogP contribution in [0, 0.1) is 11.7 Å². The minimum Gasteiger partial charge on any atom is -0.504 e. The number of ether oxygens (including phenoxy) is 1. The summed E-state index contributed by atoms with van der Waals surface area (Å²) in [5.74, 6) is -1.74. The quantitative estimate of drug-likeness (QED) is 0.847. The van der Waals surface area contributed by atoms with Crippen molar-refractivity contribution in [2.24, 2.45) is 5.92 Å². The van der Waals surface area contributed by atoms with E-state index in [0.717, 1.165) is 18.9 Å². The van der Waals surface area contributed by atoms with E-state index < -0.39 is 11.8 Å². The molecule has 0 amide bonds. The molecule has 98 valence electrons. The Balaban J connectivity index is 2.40. The number of hydrogen-bond donors (Lipinski definition) is 2. The zero-order valence-corrected chi connectivity index (χ0v) is 10.0. The Labute approximate surface area is 104 Å². The predicted molar refractivity (Wildman–Crippen MR) is 62.3 cm³/mol. The lowest BCUT2D eigenvalue weighted by Gasteiger charge is -2.17. The first-order chi connectivity index (χ1) is 8.52. The van der Waals surface area contributed by atoms with Gasteiger partial charge in [-0.3, -0.25) is 4.79 Å². The SMILES string of the molecule is COc1cc(F)cc(C(CC(=O)O)C2CC2)c1O. The molecule has 2 rings (SSSR count). The Kier molecular flexibility index (Phi) is 3.41. The number of rotatable bonds is 5. The second kappa shape index (κ2) is 4.84. The van der Waals surface area contributed by atoms with Gasteiger partial charge in [0.1, 0.15) is 5.82 Å². The van der Waals surface area contributed by atoms with Crippen molar-refractivity contribution in [3.63, 3.8) is 0 Å². The van der Waals surface area contributed by atoms with E-state index in [1.807, 2.05) is 0 Å². The summed E-state index contributed by atoms with van der Waals surface area (Å²) in [5.41, 5.74) is 0.330. The second-order valence-corrected chi connectivity index (χ2v) is 4.59. The van der Waals surface area contributed by atoms with Crippen LogP contribution in [-0.4, -0.2) is 23.3 Å². The van der Waals surface area contributed by atoms with E-state index in [9.17, 15) is 14.3 Å². The van der Waals surface area contributed by atoms with E-state index in [0.29, 0.717) is 5.56 Å². The molecule has 0 aromatic heterocycles. The molecule has 4 nitrogen and oxygen atoms in total. The number of aromatic hydroxyl groups is 1. The van der Waals surface area contributed by atoms with Crippen LogP contribution >= 0.6 is 0 Å². The predicted octanol–water partition coefficient (Wildman–Crippen LogP) is 2.51. The molecule has 1 saturated carbocycles. The molecule has 0 aliphatic heterocycles. The molecule has 0 radical (unpaired) electrons. The zero-order chi connectivity index (χ0) is 13.3. The zero-order valence-electron chi connectivity index (χ0n) is 10.0. The van der Waals surface area contributed by atoms with E-state index >= 15 is 0 Å². The van der Waals surface area contributed by atoms with Gasteiger partial charge in [0.2, 0.25) is 0 Å². The van der Waals surface area contributed by atoms with Gasteiger partial charge < -0.3 is 14.9 Å². The van der Waals surface area contributed by atoms with E-state index in [2.05, 4.69) is 0 Å². The smallest absolute Gasteiger partial charge is 0.303 e. The minimum absolute atomic E-state index is 0.0426. The number of carboxylic acid groups (broad SMARTS) is 1. The Morgan fingerprint density at radius 2 is 2.22 bits per heavy atom. The van der Waals surface area contributed by atoms with Gasteiger partial charge in [-0.05, 0) is 24.8 Å². The molecule has 1 atom stereocenters. The van der Waals surface area contributed by atoms with Gasteiger partial charge in [-0.1, -0.05) is 0 Å². The number of methoxy groups -OCH3 is 1. The van der Waals surface area contributed by atoms with Gasteiger partial charge in [0, 0.05) is 17.5 Å². The largest absolute Gasteiger partial charge is 0.504 e. The fourth-order valence-electron chi connectivity index (χ4n) is 2.25. The first-order valence-corrected chi connectivity index (χ1v) is 5.81. The van der Waals surface area contributed by atoms with Crippen molar-refractivity contribution in [1.29, 1.82) is 0 Å². The molecule has 0 heterocycles. The maximum atomic E-state index is 13.4. The number of carbonyl (C=O) groups is 1. The van der Waals surface area contributed by atoms with Crippen molar-refractivity contribution < 1.29 is 24.1 Å². The molecule has 0 spiro atoms. The molecule has 18 heavy (non-hydrogen) atoms. The summed E-state index contributed by atoms with van der Waals surface area (Å²) >= 11 is 0. The normalized spacial score (nSPS) is 16.3. The first kappa shape index (κ1) is 12.7. The van der Waals surface area contributed by atoms with Crippen LogP contribution in [0.2, 0.25) is 0 Å². The maximum Gasteiger partial charge on any atom is 0.303 e. The molecule has 2 N–H and O–H groups in total. The van der Waals surface area contributed by atoms with Crippen LogP contribution in [0.5, 0.6) is 11.5 Å². The van der Waals surface area contributed by atoms with E-state index in [1.54, 1.807) is 0 Å². The van der Waals surface area contributed by atoms with Crippen molar-refractivity contribution >= 4 is 5.97 Å². The fraction of sp³-hybridized carbons (Fsp3) is 0.462. The summed E-state index contributed by atoms with van der Waals surface area (Å²) in [5, 5.41) is 18.9. The highest BCUT2D eigenvalue weighted by atomic mass is 19.1. The van der Waals surface area contributed by atoms with E-state index in [4.69, 9.17) is 9.84 Å². The summed E-state index contributed by atoms with van der Waals surface area (Å²) in [4.78, 5) is 10.9. The summed E-state index contributed by atoms with van der Waals surface area (Å²) in [6.45, 7) is 0. The van der Waals surface area contributed by atoms with Crippen LogP contribution in [0.3, 0.4) is 0 Å². The molecule has 1 aliphatic rings. The highest BCUT2D eigenvalue weighted by Crippen LogP contribution is 2.48. The summed E-state index contributed by atoms with van der Waals surface area (Å²) in [6.07, 6.45) is 1.72. The van der Waals surface area contributed by atoms with Crippen molar-refractivity contribution in [1.82, 2.24) is 0 Å². The Morgan fingerprint density at radius 3 is 2.72 bits per heavy atom. The van der Waals surface area contributed by atoms with Crippen molar-refractivity contribution in [2.75, 3.05) is 7.11 Å². The van der Waals surface area contributed by atoms with Crippen LogP contribution in [0.4, 0.5) is 4.39 Å². The first-order valence-electron chi connectivity index (χ1n) is 5.81. The Bertz CT molecular complexity index is 468. The van der Waals surface area contributed by atoms with Gasteiger partial charge in [0.05, 0.1) is 13.5 Å². The van der Waals surface area contributed by atoms with Crippen molar-refractivity contribution in [3.8, 4) is 11.5 Å². The lowest BCUT2D eigenvalue weighted by molar-refractivity contribution is -0.137. The van der Waals surface area contributed by atoms with Gasteiger partial charge in [-0.15, -0.1) is 0 Å². The highest BCUT2D eigenvalue weighted by Gasteiger charge is 2.36. The Hall–Kier alpha value is -1.78. The molecule has 1 unspecified atom stereocenters. The van der Waals surface area contributed by atoms with Gasteiger partial charge in [-0.25, -0.2) is 4.39 Å². The lowest BCUT2D eigenvalue weighted by Crippen LogP contribution is -2.09. The van der Waals surface area contributed by atoms with Gasteiger partial charge in [-0.2, -0.15) is 0 Å². The van der Waals surface area contributed by atoms with Crippen LogP contribution in [0.25, 0.3) is 0 Å². The molecule has 1 aromatic rings. The highest BCUT2D eigenvalue weighted by molar-refractivity contribution is 5.68. The molecule has 0 bridgehead atoms. The van der Waals surface area contributed by atoms with Crippen LogP contribution in [0.1, 0.15) is 30.7 Å². The molecule has 1 aliphatic carbocycles. The molecular weight excluding hydrogens is 239 g/mol. The topological polar surface area (TPSA) is 66.8 Å². The van der Waals surface area contributed by atoms with Gasteiger partial charge >= 0.3 is 5.97 Å². The summed E-state index contributed by atoms with van der Waals surface area (Å²) in [6, 6.07) is 2.29. The number of benzene rings is 1. The number of hydrogen-bond acceptors (Lipinski definition) is 3. The third-order valence-corrected chi connectivity index (χ3v) is 3.27. The maximum absolute atomic E-state index is 13.4. The molecule has 0 saturated heterocycles. The van der Waals surface area contributed by atoms with Crippen molar-refractivity contribution in [2.45, 2.75) is 25.2 Å². The lowest BCUT2D eigenvalue weighted by atomic mass is 9.90. The third kappa shape index (κ3) is 2.55. The summed E-state index contributed by atoms with van der Waals surface area (Å²) in [7, 11) is 1.33. The third-order valence-electron chi connectivity index (χ3n) is 3.27. The van der Waals surface area contributed by atoms with Crippen LogP contribution in [-0.2, 0) is 4.79 Å². The number of halogens is 1. The van der Waals surface area contributed by atoms with E-state index in [-0.39, 0.29) is 29.8 Å². The minimum atomic E-state index is -0.950. The van der Waals surface area contributed by atoms with Gasteiger partial charge in [0.25, 0.3) is 0 Å². The average Bonchev–Trinajstić information content (AvgIpc) is 3.12. The molecule has 5 heteroatoms. The number of carboxylic acids is 1. The van der Waals surface area contributed by atoms with Gasteiger partial charge in [0.15, 0.2) is 11.5 Å². The van der Waals surface area contributed by atoms with Crippen LogP contribution in [0.15, 0.2) is 12.1 Å². The molecule has 1 aromatic carbocycles. The number of phenols is 1. The molecular formula is C13H15FO4. The fourth-order valence-corrected chi connectivity index (χ4v) is 2.25. The monoisotopic (exact) mass is 254 g/mol. The second-order valence-electron chi connectivity index (χ2n) is 4.59. The Morgan fingerprint density at radius 1 is 1.56 bits per heavy atom. The molecule has 1 fully saturated rings.